The maximum Gasteiger partial charge on any atom is 0.445 e. The van der Waals surface area contributed by atoms with Gasteiger partial charge in [-0.1, -0.05) is 48.5 Å². The van der Waals surface area contributed by atoms with E-state index in [9.17, 15) is 83.7 Å². The van der Waals surface area contributed by atoms with Gasteiger partial charge in [-0.25, -0.2) is 30.0 Å². The van der Waals surface area contributed by atoms with Gasteiger partial charge >= 0.3 is 24.3 Å². The third-order valence-corrected chi connectivity index (χ3v) is 22.7. The van der Waals surface area contributed by atoms with Crippen LogP contribution in [0.4, 0.5) is 45.5 Å². The number of nitrogens with zero attached hydrogens (tertiary/aromatic N) is 11. The molecular weight excluding hydrogens is 1850 g/mol. The minimum Gasteiger partial charge on any atom is -0.508 e. The number of rotatable bonds is 16. The largest absolute Gasteiger partial charge is 0.508 e. The van der Waals surface area contributed by atoms with Crippen molar-refractivity contribution in [3.63, 3.8) is 0 Å². The van der Waals surface area contributed by atoms with Crippen molar-refractivity contribution in [2.75, 3.05) is 50.6 Å². The molecule has 1 unspecified atom stereocenters. The van der Waals surface area contributed by atoms with Gasteiger partial charge in [0.15, 0.2) is 28.0 Å². The molecule has 18 rings (SSSR count). The van der Waals surface area contributed by atoms with Gasteiger partial charge in [0.25, 0.3) is 37.2 Å². The molecule has 6 aromatic heterocycles. The molecule has 0 fully saturated rings. The Hall–Kier alpha value is -16.6. The summed E-state index contributed by atoms with van der Waals surface area (Å²) in [5, 5.41) is 112. The van der Waals surface area contributed by atoms with Gasteiger partial charge < -0.3 is 79.5 Å². The third kappa shape index (κ3) is 23.3. The summed E-state index contributed by atoms with van der Waals surface area (Å²) < 4.78 is 50.9. The van der Waals surface area contributed by atoms with Crippen molar-refractivity contribution in [1.29, 1.82) is 0 Å². The molecule has 14 N–H and O–H groups in total. The Morgan fingerprint density at radius 3 is 1.27 bits per heavy atom. The van der Waals surface area contributed by atoms with Gasteiger partial charge in [0.1, 0.15) is 39.6 Å². The molecule has 0 bridgehead atoms. The normalized spacial score (nSPS) is 12.4. The number of nitrogens with one attached hydrogen (secondary N) is 5. The van der Waals surface area contributed by atoms with Gasteiger partial charge in [0, 0.05) is 125 Å². The number of aryl methyl sites for hydroxylation is 6. The Labute approximate surface area is 771 Å². The number of nitro benzene ring substituents is 5. The average Bonchev–Trinajstić information content (AvgIpc) is 1.62. The highest BCUT2D eigenvalue weighted by Gasteiger charge is 2.32. The topological polar surface area (TPSA) is 678 Å². The Bertz CT molecular complexity index is 7280. The average molecular weight is 1930 g/mol. The lowest BCUT2D eigenvalue weighted by atomic mass is 10.1. The van der Waals surface area contributed by atoms with Gasteiger partial charge in [-0.2, -0.15) is 5.48 Å². The van der Waals surface area contributed by atoms with E-state index in [1.807, 2.05) is 130 Å². The molecule has 0 aliphatic carbocycles. The van der Waals surface area contributed by atoms with Crippen molar-refractivity contribution in [2.24, 2.45) is 0 Å². The molecule has 47 nitrogen and oxygen atoms in total. The summed E-state index contributed by atoms with van der Waals surface area (Å²) in [7, 11) is -2.07. The Balaban J connectivity index is 0.000000167. The van der Waals surface area contributed by atoms with Crippen LogP contribution in [-0.4, -0.2) is 142 Å². The number of oxazole rings is 3. The number of fused-ring (bicyclic) bond motifs is 12. The van der Waals surface area contributed by atoms with Gasteiger partial charge in [-0.3, -0.25) is 79.1 Å². The number of benzene rings is 9. The van der Waals surface area contributed by atoms with Crippen molar-refractivity contribution in [2.45, 2.75) is 61.2 Å². The van der Waals surface area contributed by atoms with Crippen LogP contribution in [0.1, 0.15) is 64.8 Å². The van der Waals surface area contributed by atoms with Crippen LogP contribution < -0.4 is 38.2 Å². The standard InChI is InChI=1S/C22H18N4O3.C19H14N4O4.C19H16N4O2.C7H6N2O5.C7H8N2O3.C7H7NO3.C3H3ClO.CH5NO3.CH4O5P2/c1-3-18(27)24-19-12(2)4-7-17-20(19)25-22(29-17)14-6-5-13-10-16-21(28)23-8-9-26(16)15(13)11-14;1-10-2-5-15-16(17(10)23(25)26)21-19(27-15)12-4-3-11-8-14-18(24)20-6-7-22(14)13(11)9-12;1-10-2-5-15-17(16(10)20)22-19(25-15)12-4-3-11-8-14-18(24)21-6-7-23(14)13(11)9-12;1-4-2-3-5(10)7(9(13)14)6(4)8(11)12;1-4-2-3-5(10)6(8)7(4)9(11)12;1-5-2-3-6(9)4-7(5)8(10)11;1-2-3(4)5;1-2-4-5-3;1-5-8(4,6-2)7-3/h3-7,10-11H,1,8-9H2,2H3,(H,23,28)(H,24,27);2-5,8-9H,6-7H2,1H3,(H,20,24);2-5,8-9H,6-7,20H2,1H3,(H,21,24);2-3,10H,1H3;2-3,10H,8H2,1H3;2-4,9H,1H3;2H,1H2;2-3H,1H3;2H,1H3. The fourth-order valence-electron chi connectivity index (χ4n) is 13.7. The number of nitrogens with two attached hydrogens (primary N) is 2. The van der Waals surface area contributed by atoms with Crippen LogP contribution in [0.25, 0.3) is 100 Å². The van der Waals surface area contributed by atoms with Crippen LogP contribution in [0.5, 0.6) is 17.2 Å². The summed E-state index contributed by atoms with van der Waals surface area (Å²) in [5.74, 6) is -0.222. The number of phenolic OH excluding ortho intramolecular Hbond substituents is 3. The molecule has 50 heteroatoms. The summed E-state index contributed by atoms with van der Waals surface area (Å²) in [6.45, 7) is 20.6. The molecule has 0 saturated carbocycles. The maximum atomic E-state index is 12.1. The molecule has 3 aliphatic rings. The van der Waals surface area contributed by atoms with Gasteiger partial charge in [0.2, 0.25) is 34.6 Å². The second-order valence-corrected chi connectivity index (χ2v) is 32.9. The molecule has 0 spiro atoms. The number of hydroxylamine groups is 1. The number of phenols is 3. The smallest absolute Gasteiger partial charge is 0.445 e. The molecule has 136 heavy (non-hydrogen) atoms. The lowest BCUT2D eigenvalue weighted by Gasteiger charge is -2.16. The summed E-state index contributed by atoms with van der Waals surface area (Å²) >= 11 is 4.71. The number of aromatic nitrogens is 6. The molecule has 9 aromatic carbocycles. The van der Waals surface area contributed by atoms with E-state index in [4.69, 9.17) is 62.2 Å². The Kier molecular flexibility index (Phi) is 33.2. The number of nitrogen functional groups attached to an aromatic ring is 2. The first kappa shape index (κ1) is 102. The number of carbonyl (C=O) groups is 5. The summed E-state index contributed by atoms with van der Waals surface area (Å²) in [4.78, 5) is 124. The van der Waals surface area contributed by atoms with Crippen LogP contribution in [0.2, 0.25) is 0 Å². The van der Waals surface area contributed by atoms with E-state index < -0.39 is 62.4 Å². The van der Waals surface area contributed by atoms with Crippen LogP contribution >= 0.6 is 27.0 Å². The number of carbonyl (C=O) groups excluding carboxylic acids is 5. The second kappa shape index (κ2) is 44.5. The summed E-state index contributed by atoms with van der Waals surface area (Å²) in [6.07, 6.45) is 2.26. The first-order valence-corrected chi connectivity index (χ1v) is 43.0. The zero-order chi connectivity index (χ0) is 99.6. The van der Waals surface area contributed by atoms with Gasteiger partial charge in [0.05, 0.1) is 42.1 Å². The van der Waals surface area contributed by atoms with Crippen molar-refractivity contribution in [3.05, 3.63) is 278 Å². The van der Waals surface area contributed by atoms with E-state index >= 15 is 0 Å². The highest BCUT2D eigenvalue weighted by Crippen LogP contribution is 2.58. The number of amides is 4. The first-order valence-electron chi connectivity index (χ1n) is 39.5. The minimum atomic E-state index is -3.69. The van der Waals surface area contributed by atoms with Crippen LogP contribution in [0, 0.1) is 92.1 Å². The van der Waals surface area contributed by atoms with E-state index in [-0.39, 0.29) is 69.0 Å². The molecule has 15 aromatic rings. The number of nitro groups is 5. The summed E-state index contributed by atoms with van der Waals surface area (Å²) in [6, 6.07) is 43.2. The van der Waals surface area contributed by atoms with E-state index in [0.717, 1.165) is 93.4 Å². The fourth-order valence-corrected chi connectivity index (χ4v) is 14.2. The van der Waals surface area contributed by atoms with E-state index in [2.05, 4.69) is 68.6 Å². The number of hydrogen-bond acceptors (Lipinski definition) is 35. The minimum absolute atomic E-state index is 0.0332. The quantitative estimate of drug-likeness (QED) is 0.00625. The number of hydrogen-bond donors (Lipinski definition) is 12. The molecular formula is C86H81ClN18O29P2. The molecule has 706 valence electrons. The van der Waals surface area contributed by atoms with E-state index in [1.165, 1.54) is 50.4 Å². The van der Waals surface area contributed by atoms with E-state index in [1.54, 1.807) is 32.9 Å². The second-order valence-electron chi connectivity index (χ2n) is 28.9. The molecule has 4 amide bonds. The maximum absolute atomic E-state index is 12.1. The number of allylic oxidation sites excluding steroid dienone is 1. The zero-order valence-corrected chi connectivity index (χ0v) is 75.2. The zero-order valence-electron chi connectivity index (χ0n) is 72.6. The van der Waals surface area contributed by atoms with Crippen molar-refractivity contribution in [3.8, 4) is 51.6 Å². The first-order chi connectivity index (χ1) is 64.6. The fraction of sp³-hybridized carbons (Fsp3) is 0.163. The summed E-state index contributed by atoms with van der Waals surface area (Å²) in [5.41, 5.74) is 26.6. The van der Waals surface area contributed by atoms with Crippen LogP contribution in [-0.2, 0) is 57.6 Å². The van der Waals surface area contributed by atoms with Crippen molar-refractivity contribution < 1.29 is 116 Å². The SMILES string of the molecule is C=CC(=O)Cl.C=CC(=O)Nc1c(C)ccc2oc(-c3ccc4cc5n(c4c3)CCNC5=O)nc12.CNOOO.COP(=O)(OO)P=O.Cc1ccc(O)c(N)c1[N+](=O)[O-].Cc1ccc(O)c([N+](=O)[O-])c1[N+](=O)[O-].Cc1ccc(O)cc1[N+](=O)[O-].Cc1ccc2oc(-c3ccc4cc5n(c4c3)CCNC5=O)nc2c1N.Cc1ccc2oc(-c3ccc4cc5n(c4c3)CCNC5=O)nc2c1[N+](=O)[O-]. The van der Waals surface area contributed by atoms with Crippen molar-refractivity contribution in [1.82, 2.24) is 50.1 Å². The van der Waals surface area contributed by atoms with Crippen LogP contribution in [0.3, 0.4) is 0 Å². The van der Waals surface area contributed by atoms with E-state index in [0.29, 0.717) is 122 Å². The highest BCUT2D eigenvalue weighted by atomic mass is 35.5. The van der Waals surface area contributed by atoms with Gasteiger partial charge in [-0.15, -0.1) is 9.66 Å². The lowest BCUT2D eigenvalue weighted by Crippen LogP contribution is -2.34. The predicted octanol–water partition coefficient (Wildman–Crippen LogP) is 16.4. The third-order valence-electron chi connectivity index (χ3n) is 20.3. The van der Waals surface area contributed by atoms with Gasteiger partial charge in [-0.05, 0) is 192 Å². The van der Waals surface area contributed by atoms with Crippen LogP contribution in [0.15, 0.2) is 190 Å². The molecule has 0 saturated heterocycles. The van der Waals surface area contributed by atoms with Crippen molar-refractivity contribution >= 4 is 167 Å². The molecule has 1 atom stereocenters. The lowest BCUT2D eigenvalue weighted by molar-refractivity contribution is -0.512. The molecule has 9 heterocycles. The number of anilines is 3. The molecule has 0 radical (unpaired) electrons. The monoisotopic (exact) mass is 1930 g/mol. The number of aromatic hydroxyl groups is 3. The highest BCUT2D eigenvalue weighted by molar-refractivity contribution is 8.14. The predicted molar refractivity (Wildman–Crippen MR) is 496 cm³/mol. The Morgan fingerprint density at radius 1 is 0.515 bits per heavy atom. The number of halogens is 1. The Morgan fingerprint density at radius 2 is 0.904 bits per heavy atom. The molecule has 3 aliphatic heterocycles.